The molecule has 3 unspecified atom stereocenters. The maximum Gasteiger partial charge on any atom is 0.120 e. The average molecular weight is 1280 g/mol. The summed E-state index contributed by atoms with van der Waals surface area (Å²) in [5.41, 5.74) is 23.7. The van der Waals surface area contributed by atoms with Gasteiger partial charge in [0.2, 0.25) is 0 Å². The molecule has 18 aromatic rings. The highest BCUT2D eigenvalue weighted by Crippen LogP contribution is 2.58. The molecule has 98 heavy (non-hydrogen) atoms. The Hall–Kier alpha value is -11.4. The van der Waals surface area contributed by atoms with Gasteiger partial charge in [0.1, 0.15) is 16.1 Å². The second-order valence-electron chi connectivity index (χ2n) is 29.2. The Morgan fingerprint density at radius 2 is 0.673 bits per heavy atom. The molecule has 2 nitrogen and oxygen atoms in total. The molecule has 0 saturated carbocycles. The minimum absolute atomic E-state index is 0.598. The highest BCUT2D eigenvalue weighted by atomic mass is 28.3. The largest absolute Gasteiger partial charge is 0.309 e. The van der Waals surface area contributed by atoms with Crippen LogP contribution in [-0.4, -0.2) is 25.3 Å². The van der Waals surface area contributed by atoms with E-state index in [1.54, 1.807) is 0 Å². The van der Waals surface area contributed by atoms with Gasteiger partial charge in [-0.25, -0.2) is 0 Å². The normalized spacial score (nSPS) is 18.2. The van der Waals surface area contributed by atoms with E-state index in [0.29, 0.717) is 0 Å². The van der Waals surface area contributed by atoms with E-state index in [4.69, 9.17) is 0 Å². The van der Waals surface area contributed by atoms with Crippen molar-refractivity contribution in [1.82, 2.24) is 9.13 Å². The molecule has 3 atom stereocenters. The molecular formula is C94H64N2Si2. The van der Waals surface area contributed by atoms with Gasteiger partial charge in [-0.2, -0.15) is 0 Å². The van der Waals surface area contributed by atoms with Gasteiger partial charge in [0.25, 0.3) is 0 Å². The fraction of sp³-hybridized carbons (Fsp3) is 0.0638. The van der Waals surface area contributed by atoms with Crippen LogP contribution in [0.3, 0.4) is 0 Å². The molecule has 16 aromatic carbocycles. The van der Waals surface area contributed by atoms with Crippen molar-refractivity contribution in [3.63, 3.8) is 0 Å². The molecule has 0 amide bonds. The van der Waals surface area contributed by atoms with Crippen molar-refractivity contribution in [3.05, 3.63) is 372 Å². The predicted octanol–water partition coefficient (Wildman–Crippen LogP) is 20.6. The number of fused-ring (bicyclic) bond motifs is 28. The minimum Gasteiger partial charge on any atom is -0.309 e. The summed E-state index contributed by atoms with van der Waals surface area (Å²) in [6.07, 6.45) is 0. The Labute approximate surface area is 570 Å². The smallest absolute Gasteiger partial charge is 0.120 e. The highest BCUT2D eigenvalue weighted by Gasteiger charge is 2.56. The van der Waals surface area contributed by atoms with Crippen LogP contribution in [0.2, 0.25) is 19.6 Å². The summed E-state index contributed by atoms with van der Waals surface area (Å²) in [7, 11) is -5.03. The SMILES string of the molecule is C[Si]1(C)c2ccccc2C2(c3ccccc3-n3c4ccc(C[Si]5(C)c6ccccc6C6(c7ccccc7-n7c8ccccc8c8cccc6c87)c6cc(-c7ccc8c(ccc9ccccc98)c7)ccc65)cc4c4cccc2c43)c2cc(-c3ccc4ccc5ccccc5c4c3)ccc21. The first-order valence-electron chi connectivity index (χ1n) is 34.8. The number of rotatable bonds is 4. The third-order valence-electron chi connectivity index (χ3n) is 24.2. The first-order valence-corrected chi connectivity index (χ1v) is 40.5. The van der Waals surface area contributed by atoms with Crippen LogP contribution in [0.15, 0.2) is 322 Å². The maximum absolute atomic E-state index is 2.76. The molecule has 458 valence electrons. The molecule has 0 saturated heterocycles. The number of nitrogens with zero attached hydrogens (tertiary/aromatic N) is 2. The van der Waals surface area contributed by atoms with Crippen molar-refractivity contribution in [2.45, 2.75) is 36.5 Å². The Balaban J connectivity index is 0.764. The molecule has 4 aliphatic rings. The van der Waals surface area contributed by atoms with Gasteiger partial charge in [-0.05, 0) is 197 Å². The van der Waals surface area contributed by atoms with Crippen LogP contribution in [0.5, 0.6) is 0 Å². The van der Waals surface area contributed by atoms with E-state index in [9.17, 15) is 0 Å². The Morgan fingerprint density at radius 3 is 1.36 bits per heavy atom. The van der Waals surface area contributed by atoms with E-state index in [-0.39, 0.29) is 0 Å². The fourth-order valence-corrected chi connectivity index (χ4v) is 27.6. The van der Waals surface area contributed by atoms with Gasteiger partial charge in [-0.15, -0.1) is 0 Å². The number of para-hydroxylation sites is 5. The maximum atomic E-state index is 2.70. The zero-order chi connectivity index (χ0) is 64.5. The zero-order valence-electron chi connectivity index (χ0n) is 54.7. The first-order chi connectivity index (χ1) is 48.2. The van der Waals surface area contributed by atoms with E-state index in [1.165, 1.54) is 191 Å². The van der Waals surface area contributed by atoms with Crippen molar-refractivity contribution in [2.75, 3.05) is 0 Å². The summed E-state index contributed by atoms with van der Waals surface area (Å²) in [5.74, 6) is 0. The third-order valence-corrected chi connectivity index (χ3v) is 32.1. The lowest BCUT2D eigenvalue weighted by Gasteiger charge is -2.50. The summed E-state index contributed by atoms with van der Waals surface area (Å²) in [6, 6.07) is 126. The van der Waals surface area contributed by atoms with E-state index in [2.05, 4.69) is 350 Å². The molecule has 0 bridgehead atoms. The van der Waals surface area contributed by atoms with E-state index < -0.39 is 27.0 Å². The van der Waals surface area contributed by atoms with Crippen LogP contribution in [0, 0.1) is 0 Å². The molecule has 0 aliphatic carbocycles. The summed E-state index contributed by atoms with van der Waals surface area (Å²) in [5, 5.41) is 21.4. The molecule has 4 heteroatoms. The van der Waals surface area contributed by atoms with Crippen molar-refractivity contribution >= 4 is 124 Å². The van der Waals surface area contributed by atoms with Crippen LogP contribution in [0.4, 0.5) is 0 Å². The lowest BCUT2D eigenvalue weighted by Crippen LogP contribution is -2.67. The van der Waals surface area contributed by atoms with Gasteiger partial charge < -0.3 is 9.13 Å². The third kappa shape index (κ3) is 6.86. The molecule has 0 fully saturated rings. The molecular weight excluding hydrogens is 1210 g/mol. The van der Waals surface area contributed by atoms with Gasteiger partial charge in [0.05, 0.1) is 44.3 Å². The first kappa shape index (κ1) is 54.8. The molecule has 0 radical (unpaired) electrons. The molecule has 6 heterocycles. The number of benzene rings is 16. The molecule has 2 spiro atoms. The second kappa shape index (κ2) is 19.4. The van der Waals surface area contributed by atoms with Crippen LogP contribution in [0.1, 0.15) is 50.1 Å². The Bertz CT molecular complexity index is 6620. The fourth-order valence-electron chi connectivity index (χ4n) is 20.1. The van der Waals surface area contributed by atoms with Crippen LogP contribution in [0.25, 0.3) is 120 Å². The quantitative estimate of drug-likeness (QED) is 0.123. The number of hydrogen-bond acceptors (Lipinski definition) is 0. The van der Waals surface area contributed by atoms with Gasteiger partial charge >= 0.3 is 0 Å². The van der Waals surface area contributed by atoms with E-state index in [1.807, 2.05) is 0 Å². The van der Waals surface area contributed by atoms with Crippen LogP contribution >= 0.6 is 0 Å². The van der Waals surface area contributed by atoms with Gasteiger partial charge in [-0.1, -0.05) is 287 Å². The molecule has 22 rings (SSSR count). The van der Waals surface area contributed by atoms with Crippen LogP contribution in [-0.2, 0) is 16.9 Å². The Kier molecular flexibility index (Phi) is 10.9. The van der Waals surface area contributed by atoms with E-state index >= 15 is 0 Å². The van der Waals surface area contributed by atoms with Gasteiger partial charge in [-0.3, -0.25) is 0 Å². The zero-order valence-corrected chi connectivity index (χ0v) is 56.7. The summed E-state index contributed by atoms with van der Waals surface area (Å²) >= 11 is 0. The highest BCUT2D eigenvalue weighted by molar-refractivity contribution is 7.02. The van der Waals surface area contributed by atoms with Crippen molar-refractivity contribution in [2.24, 2.45) is 0 Å². The second-order valence-corrected chi connectivity index (χ2v) is 37.6. The topological polar surface area (TPSA) is 9.86 Å². The summed E-state index contributed by atoms with van der Waals surface area (Å²) in [4.78, 5) is 0. The van der Waals surface area contributed by atoms with Crippen molar-refractivity contribution in [1.29, 1.82) is 0 Å². The molecule has 2 aromatic heterocycles. The lowest BCUT2D eigenvalue weighted by atomic mass is 9.62. The molecule has 0 N–H and O–H groups in total. The average Bonchev–Trinajstić information content (AvgIpc) is 1.18. The lowest BCUT2D eigenvalue weighted by molar-refractivity contribution is 0.731. The van der Waals surface area contributed by atoms with E-state index in [0.717, 1.165) is 6.04 Å². The van der Waals surface area contributed by atoms with Crippen LogP contribution < -0.4 is 20.7 Å². The predicted molar refractivity (Wildman–Crippen MR) is 418 cm³/mol. The molecule has 4 aliphatic heterocycles. The number of hydrogen-bond donors (Lipinski definition) is 0. The number of aromatic nitrogens is 2. The Morgan fingerprint density at radius 1 is 0.255 bits per heavy atom. The monoisotopic (exact) mass is 1280 g/mol. The van der Waals surface area contributed by atoms with Crippen molar-refractivity contribution < 1.29 is 0 Å². The minimum atomic E-state index is -2.76. The summed E-state index contributed by atoms with van der Waals surface area (Å²) < 4.78 is 5.23. The van der Waals surface area contributed by atoms with Crippen molar-refractivity contribution in [3.8, 4) is 33.6 Å². The summed E-state index contributed by atoms with van der Waals surface area (Å²) in [6.45, 7) is 7.86. The van der Waals surface area contributed by atoms with Gasteiger partial charge in [0, 0.05) is 21.5 Å². The van der Waals surface area contributed by atoms with Gasteiger partial charge in [0.15, 0.2) is 0 Å². The standard InChI is InChI=1S/C94H64N2Si2/c1-97(2)87-36-16-11-29-77(87)93(81-55-65(46-50-88(81)97)63-43-41-61-40-39-60-21-5-7-23-68(60)73(61)54-63)75-27-9-15-35-86(75)96-84-49-38-58(52-74(84)72-26-19-32-80(93)92(72)96)57-98(3)89-37-17-12-30-78(89)94(76-28-10-14-34-85(76)95-83-33-13-8-24-70(83)71-25-18-31-79(94)91(71)95)82-56-64(47-51-90(82)98)62-45-48-69-66(53-62)44-42-59-20-4-6-22-67(59)69/h4-56H,57H2,1-3H3.